The van der Waals surface area contributed by atoms with Crippen molar-refractivity contribution in [1.82, 2.24) is 20.2 Å². The molecule has 4 N–H and O–H groups in total. The standard InChI is InChI=1S/C34H36N6O4/c1-34(2)28-17-24(13-14-26(28)32(43)44-34)37-33-35-18-27(30(39-33)38-29(21-41)23-11-7-4-8-12-23)31(42)36-25-15-16-40(20-25)19-22-9-5-3-6-10-22/h3-14,17-18,25,29,41H,15-16,19-21H2,1-2H3,(H,36,42)(H2,35,37,38,39). The number of likely N-dealkylation sites (tertiary alicyclic amines) is 1. The molecule has 1 fully saturated rings. The van der Waals surface area contributed by atoms with E-state index in [0.29, 0.717) is 17.1 Å². The highest BCUT2D eigenvalue weighted by molar-refractivity contribution is 5.99. The lowest BCUT2D eigenvalue weighted by atomic mass is 9.95. The number of hydrogen-bond donors (Lipinski definition) is 4. The summed E-state index contributed by atoms with van der Waals surface area (Å²) in [6, 6.07) is 24.6. The van der Waals surface area contributed by atoms with Gasteiger partial charge in [0.25, 0.3) is 5.91 Å². The van der Waals surface area contributed by atoms with E-state index in [1.54, 1.807) is 12.1 Å². The average Bonchev–Trinajstić information content (AvgIpc) is 3.56. The number of nitrogens with zero attached hydrogens (tertiary/aromatic N) is 3. The minimum absolute atomic E-state index is 0.0145. The van der Waals surface area contributed by atoms with Gasteiger partial charge in [0.2, 0.25) is 5.95 Å². The zero-order chi connectivity index (χ0) is 30.7. The van der Waals surface area contributed by atoms with Gasteiger partial charge in [-0.15, -0.1) is 0 Å². The minimum atomic E-state index is -0.749. The molecule has 0 bridgehead atoms. The average molecular weight is 593 g/mol. The van der Waals surface area contributed by atoms with Gasteiger partial charge in [-0.2, -0.15) is 4.98 Å². The molecule has 0 radical (unpaired) electrons. The van der Waals surface area contributed by atoms with Crippen molar-refractivity contribution in [3.8, 4) is 0 Å². The number of cyclic esters (lactones) is 1. The molecule has 1 saturated heterocycles. The van der Waals surface area contributed by atoms with Crippen molar-refractivity contribution in [2.24, 2.45) is 0 Å². The number of anilines is 3. The Hall–Kier alpha value is -4.80. The van der Waals surface area contributed by atoms with Crippen LogP contribution in [0.15, 0.2) is 85.1 Å². The molecule has 10 nitrogen and oxygen atoms in total. The molecule has 0 aliphatic carbocycles. The molecule has 1 aromatic heterocycles. The Kier molecular flexibility index (Phi) is 8.28. The lowest BCUT2D eigenvalue weighted by Gasteiger charge is -2.21. The SMILES string of the molecule is CC1(C)OC(=O)c2ccc(Nc3ncc(C(=O)NC4CCN(Cc5ccccc5)C4)c(NC(CO)c4ccccc4)n3)cc21. The zero-order valence-electron chi connectivity index (χ0n) is 24.8. The van der Waals surface area contributed by atoms with Crippen LogP contribution in [-0.4, -0.2) is 57.6 Å². The number of aromatic nitrogens is 2. The lowest BCUT2D eigenvalue weighted by Crippen LogP contribution is -2.37. The van der Waals surface area contributed by atoms with Crippen molar-refractivity contribution in [3.05, 3.63) is 113 Å². The fourth-order valence-corrected chi connectivity index (χ4v) is 5.77. The molecule has 2 aliphatic rings. The van der Waals surface area contributed by atoms with Gasteiger partial charge in [-0.05, 0) is 49.6 Å². The number of benzene rings is 3. The van der Waals surface area contributed by atoms with Gasteiger partial charge >= 0.3 is 5.97 Å². The van der Waals surface area contributed by atoms with Crippen LogP contribution in [0.3, 0.4) is 0 Å². The van der Waals surface area contributed by atoms with Crippen LogP contribution in [0.25, 0.3) is 0 Å². The van der Waals surface area contributed by atoms with Crippen LogP contribution in [-0.2, 0) is 16.9 Å². The summed E-state index contributed by atoms with van der Waals surface area (Å²) in [4.78, 5) is 37.3. The van der Waals surface area contributed by atoms with E-state index in [-0.39, 0.29) is 36.0 Å². The second-order valence-electron chi connectivity index (χ2n) is 11.7. The second-order valence-corrected chi connectivity index (χ2v) is 11.7. The third-order valence-electron chi connectivity index (χ3n) is 8.08. The zero-order valence-corrected chi connectivity index (χ0v) is 24.8. The largest absolute Gasteiger partial charge is 0.451 e. The predicted molar refractivity (Wildman–Crippen MR) is 168 cm³/mol. The summed E-state index contributed by atoms with van der Waals surface area (Å²) in [5.74, 6) is -0.0879. The molecule has 2 unspecified atom stereocenters. The summed E-state index contributed by atoms with van der Waals surface area (Å²) in [6.07, 6.45) is 2.33. The first kappa shape index (κ1) is 29.3. The van der Waals surface area contributed by atoms with Crippen molar-refractivity contribution < 1.29 is 19.4 Å². The molecule has 10 heteroatoms. The highest BCUT2D eigenvalue weighted by Crippen LogP contribution is 2.37. The molecule has 226 valence electrons. The minimum Gasteiger partial charge on any atom is -0.451 e. The fraction of sp³-hybridized carbons (Fsp3) is 0.294. The van der Waals surface area contributed by atoms with E-state index < -0.39 is 11.6 Å². The van der Waals surface area contributed by atoms with E-state index >= 15 is 0 Å². The maximum absolute atomic E-state index is 13.6. The number of aliphatic hydroxyl groups excluding tert-OH is 1. The molecule has 2 aliphatic heterocycles. The number of esters is 1. The van der Waals surface area contributed by atoms with E-state index in [1.807, 2.05) is 68.4 Å². The molecule has 3 heterocycles. The first-order valence-corrected chi connectivity index (χ1v) is 14.8. The van der Waals surface area contributed by atoms with Crippen LogP contribution in [0.4, 0.5) is 17.5 Å². The number of hydrogen-bond acceptors (Lipinski definition) is 9. The number of ether oxygens (including phenoxy) is 1. The summed E-state index contributed by atoms with van der Waals surface area (Å²) in [5.41, 5.74) is 3.59. The van der Waals surface area contributed by atoms with Gasteiger partial charge in [0, 0.05) is 43.1 Å². The molecular weight excluding hydrogens is 556 g/mol. The molecule has 2 atom stereocenters. The summed E-state index contributed by atoms with van der Waals surface area (Å²) in [7, 11) is 0. The van der Waals surface area contributed by atoms with Crippen molar-refractivity contribution in [2.45, 2.75) is 44.5 Å². The second kappa shape index (κ2) is 12.4. The number of amides is 1. The molecular formula is C34H36N6O4. The summed E-state index contributed by atoms with van der Waals surface area (Å²) in [6.45, 7) is 5.95. The molecule has 4 aromatic rings. The van der Waals surface area contributed by atoms with Crippen molar-refractivity contribution in [3.63, 3.8) is 0 Å². The van der Waals surface area contributed by atoms with E-state index in [0.717, 1.165) is 37.2 Å². The predicted octanol–water partition coefficient (Wildman–Crippen LogP) is 4.78. The van der Waals surface area contributed by atoms with Gasteiger partial charge < -0.3 is 25.8 Å². The van der Waals surface area contributed by atoms with E-state index in [9.17, 15) is 14.7 Å². The first-order valence-electron chi connectivity index (χ1n) is 14.8. The Bertz CT molecular complexity index is 1650. The smallest absolute Gasteiger partial charge is 0.339 e. The highest BCUT2D eigenvalue weighted by atomic mass is 16.6. The van der Waals surface area contributed by atoms with Crippen LogP contribution in [0.5, 0.6) is 0 Å². The summed E-state index contributed by atoms with van der Waals surface area (Å²) in [5, 5.41) is 19.9. The van der Waals surface area contributed by atoms with Crippen LogP contribution in [0.1, 0.15) is 63.7 Å². The monoisotopic (exact) mass is 592 g/mol. The highest BCUT2D eigenvalue weighted by Gasteiger charge is 2.37. The van der Waals surface area contributed by atoms with Crippen molar-refractivity contribution in [1.29, 1.82) is 0 Å². The van der Waals surface area contributed by atoms with Crippen LogP contribution in [0.2, 0.25) is 0 Å². The molecule has 0 saturated carbocycles. The number of aliphatic hydroxyl groups is 1. The third-order valence-corrected chi connectivity index (χ3v) is 8.08. The molecule has 6 rings (SSSR count). The Morgan fingerprint density at radius 3 is 2.59 bits per heavy atom. The van der Waals surface area contributed by atoms with E-state index in [1.165, 1.54) is 11.8 Å². The molecule has 44 heavy (non-hydrogen) atoms. The van der Waals surface area contributed by atoms with Gasteiger partial charge in [-0.25, -0.2) is 9.78 Å². The van der Waals surface area contributed by atoms with Crippen LogP contribution < -0.4 is 16.0 Å². The normalized spacial score (nSPS) is 17.9. The van der Waals surface area contributed by atoms with Gasteiger partial charge in [0.15, 0.2) is 0 Å². The number of carbonyl (C=O) groups excluding carboxylic acids is 2. The van der Waals surface area contributed by atoms with E-state index in [2.05, 4.69) is 43.0 Å². The van der Waals surface area contributed by atoms with Crippen molar-refractivity contribution in [2.75, 3.05) is 30.3 Å². The van der Waals surface area contributed by atoms with Crippen LogP contribution in [0, 0.1) is 0 Å². The fourth-order valence-electron chi connectivity index (χ4n) is 5.77. The number of carbonyl (C=O) groups is 2. The number of rotatable bonds is 10. The maximum atomic E-state index is 13.6. The van der Waals surface area contributed by atoms with Gasteiger partial charge in [0.1, 0.15) is 17.0 Å². The molecule has 3 aromatic carbocycles. The van der Waals surface area contributed by atoms with Gasteiger partial charge in [0.05, 0.1) is 18.2 Å². The Morgan fingerprint density at radius 1 is 1.09 bits per heavy atom. The van der Waals surface area contributed by atoms with E-state index in [4.69, 9.17) is 4.74 Å². The topological polar surface area (TPSA) is 129 Å². The lowest BCUT2D eigenvalue weighted by molar-refractivity contribution is 0.00953. The Balaban J connectivity index is 1.23. The van der Waals surface area contributed by atoms with Crippen LogP contribution >= 0.6 is 0 Å². The number of nitrogens with one attached hydrogen (secondary N) is 3. The molecule has 1 amide bonds. The number of fused-ring (bicyclic) bond motifs is 1. The molecule has 0 spiro atoms. The van der Waals surface area contributed by atoms with Gasteiger partial charge in [-0.1, -0.05) is 60.7 Å². The Morgan fingerprint density at radius 2 is 1.84 bits per heavy atom. The van der Waals surface area contributed by atoms with Gasteiger partial charge in [-0.3, -0.25) is 9.69 Å². The third kappa shape index (κ3) is 6.41. The maximum Gasteiger partial charge on any atom is 0.339 e. The quantitative estimate of drug-likeness (QED) is 0.192. The summed E-state index contributed by atoms with van der Waals surface area (Å²) >= 11 is 0. The van der Waals surface area contributed by atoms with Crippen molar-refractivity contribution >= 4 is 29.3 Å². The first-order chi connectivity index (χ1) is 21.3. The summed E-state index contributed by atoms with van der Waals surface area (Å²) < 4.78 is 5.50. The Labute approximate surface area is 256 Å².